The van der Waals surface area contributed by atoms with Crippen LogP contribution >= 0.6 is 15.9 Å². The van der Waals surface area contributed by atoms with E-state index in [0.717, 1.165) is 20.9 Å². The molecule has 7 heteroatoms. The minimum absolute atomic E-state index is 0.139. The molecule has 0 bridgehead atoms. The van der Waals surface area contributed by atoms with Crippen molar-refractivity contribution >= 4 is 26.8 Å². The highest BCUT2D eigenvalue weighted by molar-refractivity contribution is 9.10. The van der Waals surface area contributed by atoms with E-state index in [-0.39, 0.29) is 23.1 Å². The number of ether oxygens (including phenoxy) is 1. The van der Waals surface area contributed by atoms with Crippen LogP contribution in [0.25, 0.3) is 10.9 Å². The van der Waals surface area contributed by atoms with Crippen molar-refractivity contribution in [1.82, 2.24) is 9.97 Å². The van der Waals surface area contributed by atoms with Crippen LogP contribution in [0.4, 0.5) is 0 Å². The van der Waals surface area contributed by atoms with Crippen LogP contribution in [0.5, 0.6) is 5.88 Å². The van der Waals surface area contributed by atoms with E-state index in [9.17, 15) is 10.0 Å². The van der Waals surface area contributed by atoms with Crippen molar-refractivity contribution in [3.05, 3.63) is 61.4 Å². The van der Waals surface area contributed by atoms with Crippen molar-refractivity contribution < 1.29 is 9.47 Å². The Morgan fingerprint density at radius 3 is 2.80 bits per heavy atom. The predicted molar refractivity (Wildman–Crippen MR) is 99.9 cm³/mol. The summed E-state index contributed by atoms with van der Waals surface area (Å²) < 4.78 is 6.89. The Bertz CT molecular complexity index is 976. The summed E-state index contributed by atoms with van der Waals surface area (Å²) in [4.78, 5) is 18.4. The van der Waals surface area contributed by atoms with E-state index in [1.807, 2.05) is 38.2 Å². The number of aromatic nitrogens is 3. The smallest absolute Gasteiger partial charge is 0.400 e. The van der Waals surface area contributed by atoms with Gasteiger partial charge < -0.3 is 19.9 Å². The van der Waals surface area contributed by atoms with Gasteiger partial charge in [0.15, 0.2) is 0 Å². The average Bonchev–Trinajstić information content (AvgIpc) is 2.94. The van der Waals surface area contributed by atoms with Gasteiger partial charge in [0.05, 0.1) is 7.11 Å². The average molecular weight is 406 g/mol. The van der Waals surface area contributed by atoms with E-state index >= 15 is 0 Å². The zero-order valence-corrected chi connectivity index (χ0v) is 15.9. The second kappa shape index (κ2) is 6.92. The van der Waals surface area contributed by atoms with Crippen LogP contribution in [0.3, 0.4) is 0 Å². The minimum atomic E-state index is -0.361. The number of benzene rings is 1. The molecule has 3 aromatic rings. The summed E-state index contributed by atoms with van der Waals surface area (Å²) in [6, 6.07) is 5.93. The topological polar surface area (TPSA) is 84.8 Å². The zero-order chi connectivity index (χ0) is 18.1. The number of hydrogen-bond donors (Lipinski definition) is 2. The molecule has 0 spiro atoms. The SMILES string of the molecule is COc1c(Cc2c[nH]c3ccc(Br)cc23)[nH]c(=O)c(CC(C)C)[n+]1[O-]. The lowest BCUT2D eigenvalue weighted by atomic mass is 10.1. The highest BCUT2D eigenvalue weighted by atomic mass is 79.9. The quantitative estimate of drug-likeness (QED) is 0.505. The second-order valence-electron chi connectivity index (χ2n) is 6.46. The fourth-order valence-corrected chi connectivity index (χ4v) is 3.34. The fourth-order valence-electron chi connectivity index (χ4n) is 2.98. The van der Waals surface area contributed by atoms with Crippen molar-refractivity contribution in [3.63, 3.8) is 0 Å². The van der Waals surface area contributed by atoms with Crippen molar-refractivity contribution in [3.8, 4) is 5.88 Å². The van der Waals surface area contributed by atoms with Crippen LogP contribution in [-0.2, 0) is 12.8 Å². The van der Waals surface area contributed by atoms with Crippen LogP contribution < -0.4 is 15.0 Å². The number of H-pyrrole nitrogens is 2. The molecule has 6 nitrogen and oxygen atoms in total. The third-order valence-corrected chi connectivity index (χ3v) is 4.60. The first-order valence-corrected chi connectivity index (χ1v) is 8.87. The zero-order valence-electron chi connectivity index (χ0n) is 14.4. The number of fused-ring (bicyclic) bond motifs is 1. The number of halogens is 1. The van der Waals surface area contributed by atoms with Crippen molar-refractivity contribution in [2.45, 2.75) is 26.7 Å². The lowest BCUT2D eigenvalue weighted by Gasteiger charge is -2.12. The Morgan fingerprint density at radius 2 is 2.12 bits per heavy atom. The molecule has 0 radical (unpaired) electrons. The first-order chi connectivity index (χ1) is 11.9. The molecule has 0 amide bonds. The summed E-state index contributed by atoms with van der Waals surface area (Å²) in [5.41, 5.74) is 2.25. The molecule has 0 aliphatic rings. The molecule has 25 heavy (non-hydrogen) atoms. The van der Waals surface area contributed by atoms with Crippen molar-refractivity contribution in [2.75, 3.05) is 7.11 Å². The summed E-state index contributed by atoms with van der Waals surface area (Å²) >= 11 is 3.47. The van der Waals surface area contributed by atoms with E-state index in [1.54, 1.807) is 0 Å². The van der Waals surface area contributed by atoms with Crippen LogP contribution in [0.1, 0.15) is 30.8 Å². The number of nitrogens with zero attached hydrogens (tertiary/aromatic N) is 1. The maximum atomic E-state index is 12.6. The number of methoxy groups -OCH3 is 1. The van der Waals surface area contributed by atoms with Crippen molar-refractivity contribution in [1.29, 1.82) is 0 Å². The molecule has 0 aliphatic carbocycles. The second-order valence-corrected chi connectivity index (χ2v) is 7.38. The summed E-state index contributed by atoms with van der Waals surface area (Å²) in [6.45, 7) is 3.92. The van der Waals surface area contributed by atoms with E-state index in [4.69, 9.17) is 4.74 Å². The number of hydrogen-bond acceptors (Lipinski definition) is 3. The third kappa shape index (κ3) is 3.42. The highest BCUT2D eigenvalue weighted by Gasteiger charge is 2.24. The Kier molecular flexibility index (Phi) is 4.85. The van der Waals surface area contributed by atoms with Gasteiger partial charge in [0, 0.05) is 34.4 Å². The first kappa shape index (κ1) is 17.5. The van der Waals surface area contributed by atoms with Gasteiger partial charge in [0.2, 0.25) is 0 Å². The van der Waals surface area contributed by atoms with E-state index < -0.39 is 0 Å². The van der Waals surface area contributed by atoms with Gasteiger partial charge in [-0.05, 0) is 29.7 Å². The van der Waals surface area contributed by atoms with Gasteiger partial charge in [-0.2, -0.15) is 0 Å². The molecule has 0 unspecified atom stereocenters. The standard InChI is InChI=1S/C18H20BrN3O3/c1-10(2)6-16-17(23)21-15(18(25-3)22(16)24)7-11-9-20-14-5-4-12(19)8-13(11)14/h4-5,8-10,20H,6-7H2,1-3H3,(H,21,23). The fraction of sp³-hybridized carbons (Fsp3) is 0.333. The van der Waals surface area contributed by atoms with Crippen molar-refractivity contribution in [2.24, 2.45) is 5.92 Å². The monoisotopic (exact) mass is 405 g/mol. The largest absolute Gasteiger partial charge is 0.616 e. The Balaban J connectivity index is 2.07. The molecular formula is C18H20BrN3O3. The number of aromatic amines is 2. The summed E-state index contributed by atoms with van der Waals surface area (Å²) in [6.07, 6.45) is 2.67. The molecule has 0 atom stereocenters. The van der Waals surface area contributed by atoms with Crippen LogP contribution in [-0.4, -0.2) is 17.1 Å². The number of nitrogens with one attached hydrogen (secondary N) is 2. The Hall–Kier alpha value is -2.28. The van der Waals surface area contributed by atoms with Crippen LogP contribution in [0.2, 0.25) is 0 Å². The molecular weight excluding hydrogens is 386 g/mol. The molecule has 1 aromatic carbocycles. The van der Waals surface area contributed by atoms with Gasteiger partial charge in [-0.1, -0.05) is 29.8 Å². The van der Waals surface area contributed by atoms with Gasteiger partial charge in [-0.3, -0.25) is 4.79 Å². The summed E-state index contributed by atoms with van der Waals surface area (Å²) in [7, 11) is 1.44. The molecule has 3 rings (SSSR count). The van der Waals surface area contributed by atoms with Crippen LogP contribution in [0, 0.1) is 11.1 Å². The molecule has 2 aromatic heterocycles. The maximum absolute atomic E-state index is 12.6. The number of rotatable bonds is 5. The minimum Gasteiger partial charge on any atom is -0.616 e. The summed E-state index contributed by atoms with van der Waals surface area (Å²) in [5, 5.41) is 13.6. The van der Waals surface area contributed by atoms with Crippen LogP contribution in [0.15, 0.2) is 33.7 Å². The van der Waals surface area contributed by atoms with E-state index in [0.29, 0.717) is 23.3 Å². The summed E-state index contributed by atoms with van der Waals surface area (Å²) in [5.74, 6) is 0.336. The Morgan fingerprint density at radius 1 is 1.36 bits per heavy atom. The van der Waals surface area contributed by atoms with Gasteiger partial charge in [0.1, 0.15) is 5.69 Å². The lowest BCUT2D eigenvalue weighted by Crippen LogP contribution is -2.43. The molecule has 132 valence electrons. The molecule has 0 aliphatic heterocycles. The normalized spacial score (nSPS) is 11.4. The molecule has 2 heterocycles. The van der Waals surface area contributed by atoms with Gasteiger partial charge >= 0.3 is 11.4 Å². The molecule has 0 fully saturated rings. The van der Waals surface area contributed by atoms with Gasteiger partial charge in [0.25, 0.3) is 5.69 Å². The molecule has 0 saturated carbocycles. The Labute approximate surface area is 153 Å². The maximum Gasteiger partial charge on any atom is 0.400 e. The van der Waals surface area contributed by atoms with E-state index in [1.165, 1.54) is 7.11 Å². The molecule has 0 saturated heterocycles. The molecule has 2 N–H and O–H groups in total. The highest BCUT2D eigenvalue weighted by Crippen LogP contribution is 2.25. The first-order valence-electron chi connectivity index (χ1n) is 8.07. The lowest BCUT2D eigenvalue weighted by molar-refractivity contribution is -0.622. The van der Waals surface area contributed by atoms with Gasteiger partial charge in [-0.15, -0.1) is 4.73 Å². The predicted octanol–water partition coefficient (Wildman–Crippen LogP) is 3.05. The third-order valence-electron chi connectivity index (χ3n) is 4.11. The van der Waals surface area contributed by atoms with E-state index in [2.05, 4.69) is 25.9 Å². The van der Waals surface area contributed by atoms with Gasteiger partial charge in [-0.25, -0.2) is 0 Å².